The number of nitrogens with zero attached hydrogens (tertiary/aromatic N) is 3. The molecule has 2 amide bonds. The number of aromatic nitrogens is 2. The molecule has 1 aromatic carbocycles. The van der Waals surface area contributed by atoms with Crippen LogP contribution in [0.25, 0.3) is 11.0 Å². The number of carbonyl (C=O) groups is 2. The fraction of sp³-hybridized carbons (Fsp3) is 0.333. The highest BCUT2D eigenvalue weighted by molar-refractivity contribution is 5.97. The summed E-state index contributed by atoms with van der Waals surface area (Å²) in [5.74, 6) is -0.426. The number of primary amides is 1. The van der Waals surface area contributed by atoms with E-state index in [1.807, 2.05) is 0 Å². The van der Waals surface area contributed by atoms with Crippen LogP contribution in [0.5, 0.6) is 0 Å². The summed E-state index contributed by atoms with van der Waals surface area (Å²) < 4.78 is 0. The first-order chi connectivity index (χ1) is 10.1. The summed E-state index contributed by atoms with van der Waals surface area (Å²) in [6.45, 7) is 1.12. The van der Waals surface area contributed by atoms with Crippen molar-refractivity contribution in [2.45, 2.75) is 12.8 Å². The number of fused-ring (bicyclic) bond motifs is 1. The number of carbonyl (C=O) groups excluding carboxylic acids is 2. The molecule has 2 heterocycles. The lowest BCUT2D eigenvalue weighted by molar-refractivity contribution is -0.123. The van der Waals surface area contributed by atoms with Crippen LogP contribution >= 0.6 is 0 Å². The van der Waals surface area contributed by atoms with E-state index < -0.39 is 0 Å². The second-order valence-corrected chi connectivity index (χ2v) is 5.23. The Balaban J connectivity index is 1.76. The molecule has 1 aliphatic heterocycles. The minimum Gasteiger partial charge on any atom is -0.369 e. The molecule has 6 nitrogen and oxygen atoms in total. The second-order valence-electron chi connectivity index (χ2n) is 5.23. The van der Waals surface area contributed by atoms with Gasteiger partial charge in [0.15, 0.2) is 0 Å². The van der Waals surface area contributed by atoms with Crippen LogP contribution in [0.4, 0.5) is 0 Å². The van der Waals surface area contributed by atoms with Gasteiger partial charge in [-0.15, -0.1) is 0 Å². The van der Waals surface area contributed by atoms with E-state index in [9.17, 15) is 9.59 Å². The first kappa shape index (κ1) is 13.5. The molecule has 0 spiro atoms. The first-order valence-corrected chi connectivity index (χ1v) is 6.94. The zero-order valence-electron chi connectivity index (χ0n) is 11.5. The van der Waals surface area contributed by atoms with Gasteiger partial charge in [0.25, 0.3) is 5.91 Å². The zero-order valence-corrected chi connectivity index (χ0v) is 11.5. The van der Waals surface area contributed by atoms with Crippen molar-refractivity contribution in [2.75, 3.05) is 13.1 Å². The molecule has 108 valence electrons. The van der Waals surface area contributed by atoms with Crippen LogP contribution in [-0.4, -0.2) is 39.8 Å². The van der Waals surface area contributed by atoms with Crippen LogP contribution < -0.4 is 5.73 Å². The van der Waals surface area contributed by atoms with Crippen molar-refractivity contribution < 1.29 is 9.59 Å². The Morgan fingerprint density at radius 2 is 1.76 bits per heavy atom. The molecule has 1 aliphatic rings. The van der Waals surface area contributed by atoms with Crippen LogP contribution in [0.3, 0.4) is 0 Å². The Bertz CT molecular complexity index is 693. The molecule has 0 aliphatic carbocycles. The number of rotatable bonds is 2. The van der Waals surface area contributed by atoms with Crippen LogP contribution in [0.2, 0.25) is 0 Å². The van der Waals surface area contributed by atoms with E-state index in [2.05, 4.69) is 9.97 Å². The van der Waals surface area contributed by atoms with Crippen LogP contribution in [0, 0.1) is 5.92 Å². The highest BCUT2D eigenvalue weighted by Gasteiger charge is 2.26. The molecule has 1 fully saturated rings. The van der Waals surface area contributed by atoms with Gasteiger partial charge in [0.2, 0.25) is 5.91 Å². The molecule has 1 aromatic heterocycles. The van der Waals surface area contributed by atoms with E-state index >= 15 is 0 Å². The first-order valence-electron chi connectivity index (χ1n) is 6.94. The van der Waals surface area contributed by atoms with Crippen molar-refractivity contribution in [1.82, 2.24) is 14.9 Å². The van der Waals surface area contributed by atoms with Gasteiger partial charge in [-0.1, -0.05) is 0 Å². The van der Waals surface area contributed by atoms with Gasteiger partial charge in [-0.3, -0.25) is 19.6 Å². The van der Waals surface area contributed by atoms with Gasteiger partial charge in [-0.2, -0.15) is 0 Å². The summed E-state index contributed by atoms with van der Waals surface area (Å²) in [4.78, 5) is 33.8. The number of amides is 2. The largest absolute Gasteiger partial charge is 0.369 e. The van der Waals surface area contributed by atoms with Gasteiger partial charge in [-0.05, 0) is 31.0 Å². The van der Waals surface area contributed by atoms with Crippen molar-refractivity contribution in [2.24, 2.45) is 11.7 Å². The summed E-state index contributed by atoms with van der Waals surface area (Å²) in [7, 11) is 0. The van der Waals surface area contributed by atoms with Gasteiger partial charge in [-0.25, -0.2) is 0 Å². The Morgan fingerprint density at radius 3 is 2.43 bits per heavy atom. The fourth-order valence-corrected chi connectivity index (χ4v) is 2.65. The maximum Gasteiger partial charge on any atom is 0.253 e. The van der Waals surface area contributed by atoms with Gasteiger partial charge in [0.1, 0.15) is 0 Å². The van der Waals surface area contributed by atoms with Crippen molar-refractivity contribution in [1.29, 1.82) is 0 Å². The SMILES string of the molecule is NC(=O)C1CCN(C(=O)c2ccc3nccnc3c2)CC1. The number of hydrogen-bond acceptors (Lipinski definition) is 4. The van der Waals surface area contributed by atoms with Gasteiger partial charge in [0, 0.05) is 37.0 Å². The van der Waals surface area contributed by atoms with E-state index in [0.29, 0.717) is 37.0 Å². The summed E-state index contributed by atoms with van der Waals surface area (Å²) in [6, 6.07) is 5.32. The average molecular weight is 284 g/mol. The standard InChI is InChI=1S/C15H16N4O2/c16-14(20)10-3-7-19(8-4-10)15(21)11-1-2-12-13(9-11)18-6-5-17-12/h1-2,5-6,9-10H,3-4,7-8H2,(H2,16,20). The molecule has 0 bridgehead atoms. The van der Waals surface area contributed by atoms with Crippen LogP contribution in [0.1, 0.15) is 23.2 Å². The maximum absolute atomic E-state index is 12.5. The average Bonchev–Trinajstić information content (AvgIpc) is 2.54. The molecule has 1 saturated heterocycles. The fourth-order valence-electron chi connectivity index (χ4n) is 2.65. The highest BCUT2D eigenvalue weighted by atomic mass is 16.2. The third kappa shape index (κ3) is 2.69. The number of nitrogens with two attached hydrogens (primary N) is 1. The molecular weight excluding hydrogens is 268 g/mol. The lowest BCUT2D eigenvalue weighted by Gasteiger charge is -2.30. The molecule has 3 rings (SSSR count). The predicted molar refractivity (Wildman–Crippen MR) is 77.4 cm³/mol. The lowest BCUT2D eigenvalue weighted by atomic mass is 9.96. The van der Waals surface area contributed by atoms with E-state index in [4.69, 9.17) is 5.73 Å². The summed E-state index contributed by atoms with van der Waals surface area (Å²) in [5, 5.41) is 0. The van der Waals surface area contributed by atoms with E-state index in [-0.39, 0.29) is 17.7 Å². The summed E-state index contributed by atoms with van der Waals surface area (Å²) >= 11 is 0. The lowest BCUT2D eigenvalue weighted by Crippen LogP contribution is -2.41. The number of hydrogen-bond donors (Lipinski definition) is 1. The predicted octanol–water partition coefficient (Wildman–Crippen LogP) is 0.967. The molecular formula is C15H16N4O2. The topological polar surface area (TPSA) is 89.2 Å². The molecule has 0 saturated carbocycles. The van der Waals surface area contributed by atoms with Gasteiger partial charge >= 0.3 is 0 Å². The van der Waals surface area contributed by atoms with Crippen molar-refractivity contribution >= 4 is 22.8 Å². The molecule has 2 aromatic rings. The number of benzene rings is 1. The zero-order chi connectivity index (χ0) is 14.8. The number of likely N-dealkylation sites (tertiary alicyclic amines) is 1. The van der Waals surface area contributed by atoms with E-state index in [1.165, 1.54) is 0 Å². The molecule has 6 heteroatoms. The normalized spacial score (nSPS) is 16.1. The smallest absolute Gasteiger partial charge is 0.253 e. The molecule has 0 radical (unpaired) electrons. The molecule has 2 N–H and O–H groups in total. The minimum atomic E-state index is -0.275. The third-order valence-electron chi connectivity index (χ3n) is 3.90. The van der Waals surface area contributed by atoms with Crippen molar-refractivity contribution in [3.63, 3.8) is 0 Å². The third-order valence-corrected chi connectivity index (χ3v) is 3.90. The quantitative estimate of drug-likeness (QED) is 0.889. The monoisotopic (exact) mass is 284 g/mol. The maximum atomic E-state index is 12.5. The Morgan fingerprint density at radius 1 is 1.10 bits per heavy atom. The van der Waals surface area contributed by atoms with Crippen molar-refractivity contribution in [3.8, 4) is 0 Å². The van der Waals surface area contributed by atoms with E-state index in [0.717, 1.165) is 5.52 Å². The van der Waals surface area contributed by atoms with Gasteiger partial charge < -0.3 is 10.6 Å². The van der Waals surface area contributed by atoms with E-state index in [1.54, 1.807) is 35.5 Å². The molecule has 0 atom stereocenters. The van der Waals surface area contributed by atoms with Crippen molar-refractivity contribution in [3.05, 3.63) is 36.2 Å². The van der Waals surface area contributed by atoms with Gasteiger partial charge in [0.05, 0.1) is 11.0 Å². The molecule has 21 heavy (non-hydrogen) atoms. The highest BCUT2D eigenvalue weighted by Crippen LogP contribution is 2.20. The second kappa shape index (κ2) is 5.47. The Kier molecular flexibility index (Phi) is 3.51. The summed E-state index contributed by atoms with van der Waals surface area (Å²) in [6.07, 6.45) is 4.50. The Hall–Kier alpha value is -2.50. The number of piperidine rings is 1. The van der Waals surface area contributed by atoms with Crippen LogP contribution in [0.15, 0.2) is 30.6 Å². The minimum absolute atomic E-state index is 0.0366. The summed E-state index contributed by atoms with van der Waals surface area (Å²) in [5.41, 5.74) is 7.37. The Labute approximate surface area is 122 Å². The van der Waals surface area contributed by atoms with Crippen LogP contribution in [-0.2, 0) is 4.79 Å². The molecule has 0 unspecified atom stereocenters.